The minimum atomic E-state index is -0.374. The number of esters is 1. The molecule has 116 valence electrons. The Balaban J connectivity index is 2.09. The van der Waals surface area contributed by atoms with Crippen LogP contribution in [-0.4, -0.2) is 27.8 Å². The van der Waals surface area contributed by atoms with Crippen LogP contribution in [0.5, 0.6) is 0 Å². The van der Waals surface area contributed by atoms with Gasteiger partial charge in [-0.25, -0.2) is 4.79 Å². The summed E-state index contributed by atoms with van der Waals surface area (Å²) in [4.78, 5) is 25.9. The molecule has 0 fully saturated rings. The standard InChI is InChI=1S/C15H18N4O3/c1-3-4-8-22-14(21)11-6-5-7-12(9-11)16-15-17-13(20)10(2)18-19-15/h5-7,9H,3-4,8H2,1-2H3,(H2,16,17,19,20). The molecular formula is C15H18N4O3. The van der Waals surface area contributed by atoms with Gasteiger partial charge in [-0.05, 0) is 31.5 Å². The second kappa shape index (κ2) is 7.35. The zero-order valence-corrected chi connectivity index (χ0v) is 12.5. The first kappa shape index (κ1) is 15.7. The summed E-state index contributed by atoms with van der Waals surface area (Å²) in [5, 5.41) is 10.5. The average molecular weight is 302 g/mol. The van der Waals surface area contributed by atoms with Crippen LogP contribution in [0.4, 0.5) is 11.6 Å². The third kappa shape index (κ3) is 4.15. The van der Waals surface area contributed by atoms with Gasteiger partial charge in [0.05, 0.1) is 12.2 Å². The maximum absolute atomic E-state index is 11.9. The fourth-order valence-corrected chi connectivity index (χ4v) is 1.70. The fourth-order valence-electron chi connectivity index (χ4n) is 1.70. The van der Waals surface area contributed by atoms with E-state index in [0.717, 1.165) is 12.8 Å². The van der Waals surface area contributed by atoms with Gasteiger partial charge < -0.3 is 10.1 Å². The van der Waals surface area contributed by atoms with Crippen LogP contribution in [0.3, 0.4) is 0 Å². The number of nitrogens with one attached hydrogen (secondary N) is 2. The predicted octanol–water partition coefficient (Wildman–Crippen LogP) is 2.17. The summed E-state index contributed by atoms with van der Waals surface area (Å²) in [7, 11) is 0. The quantitative estimate of drug-likeness (QED) is 0.627. The second-order valence-corrected chi connectivity index (χ2v) is 4.78. The number of H-pyrrole nitrogens is 1. The van der Waals surface area contributed by atoms with Crippen molar-refractivity contribution in [1.29, 1.82) is 0 Å². The fraction of sp³-hybridized carbons (Fsp3) is 0.333. The molecule has 0 saturated heterocycles. The van der Waals surface area contributed by atoms with Gasteiger partial charge in [-0.2, -0.15) is 0 Å². The molecule has 0 unspecified atom stereocenters. The molecule has 0 aliphatic heterocycles. The molecule has 0 radical (unpaired) electrons. The van der Waals surface area contributed by atoms with Crippen molar-refractivity contribution in [1.82, 2.24) is 15.2 Å². The maximum Gasteiger partial charge on any atom is 0.338 e. The zero-order valence-electron chi connectivity index (χ0n) is 12.5. The van der Waals surface area contributed by atoms with E-state index in [1.165, 1.54) is 0 Å². The van der Waals surface area contributed by atoms with Crippen LogP contribution in [0.2, 0.25) is 0 Å². The van der Waals surface area contributed by atoms with Crippen molar-refractivity contribution >= 4 is 17.6 Å². The van der Waals surface area contributed by atoms with Crippen molar-refractivity contribution in [3.8, 4) is 0 Å². The third-order valence-electron chi connectivity index (χ3n) is 2.95. The number of ether oxygens (including phenoxy) is 1. The molecule has 7 nitrogen and oxygen atoms in total. The van der Waals surface area contributed by atoms with Crippen LogP contribution < -0.4 is 10.9 Å². The SMILES string of the molecule is CCCCOC(=O)c1cccc(Nc2nnc(C)c(=O)[nH]2)c1. The van der Waals surface area contributed by atoms with Gasteiger partial charge in [0, 0.05) is 5.69 Å². The van der Waals surface area contributed by atoms with E-state index in [1.807, 2.05) is 6.92 Å². The van der Waals surface area contributed by atoms with Crippen molar-refractivity contribution in [3.05, 3.63) is 45.9 Å². The number of anilines is 2. The number of aromatic amines is 1. The van der Waals surface area contributed by atoms with Gasteiger partial charge in [-0.3, -0.25) is 9.78 Å². The molecule has 0 atom stereocenters. The Hall–Kier alpha value is -2.70. The molecule has 0 amide bonds. The highest BCUT2D eigenvalue weighted by Crippen LogP contribution is 2.14. The van der Waals surface area contributed by atoms with Crippen LogP contribution >= 0.6 is 0 Å². The molecule has 0 bridgehead atoms. The highest BCUT2D eigenvalue weighted by atomic mass is 16.5. The van der Waals surface area contributed by atoms with Crippen molar-refractivity contribution in [2.45, 2.75) is 26.7 Å². The molecule has 1 aromatic heterocycles. The smallest absolute Gasteiger partial charge is 0.338 e. The van der Waals surface area contributed by atoms with Gasteiger partial charge >= 0.3 is 5.97 Å². The topological polar surface area (TPSA) is 97.0 Å². The molecule has 2 aromatic rings. The Bertz CT molecular complexity index is 712. The number of carbonyl (C=O) groups excluding carboxylic acids is 1. The Morgan fingerprint density at radius 3 is 2.91 bits per heavy atom. The lowest BCUT2D eigenvalue weighted by molar-refractivity contribution is 0.0500. The number of rotatable bonds is 6. The lowest BCUT2D eigenvalue weighted by Crippen LogP contribution is -2.15. The highest BCUT2D eigenvalue weighted by Gasteiger charge is 2.08. The largest absolute Gasteiger partial charge is 0.462 e. The molecule has 2 N–H and O–H groups in total. The Labute approximate surface area is 127 Å². The number of nitrogens with zero attached hydrogens (tertiary/aromatic N) is 2. The molecule has 0 aliphatic rings. The molecule has 7 heteroatoms. The first-order chi connectivity index (χ1) is 10.6. The summed E-state index contributed by atoms with van der Waals surface area (Å²) in [6, 6.07) is 6.78. The van der Waals surface area contributed by atoms with Crippen LogP contribution in [-0.2, 0) is 4.74 Å². The van der Waals surface area contributed by atoms with E-state index in [1.54, 1.807) is 31.2 Å². The summed E-state index contributed by atoms with van der Waals surface area (Å²) in [6.45, 7) is 4.01. The summed E-state index contributed by atoms with van der Waals surface area (Å²) < 4.78 is 5.16. The number of aromatic nitrogens is 3. The van der Waals surface area contributed by atoms with E-state index < -0.39 is 0 Å². The summed E-state index contributed by atoms with van der Waals surface area (Å²) in [5.74, 6) is -0.160. The third-order valence-corrected chi connectivity index (χ3v) is 2.95. The van der Waals surface area contributed by atoms with Crippen molar-refractivity contribution in [2.24, 2.45) is 0 Å². The van der Waals surface area contributed by atoms with Crippen LogP contribution in [0.25, 0.3) is 0 Å². The first-order valence-corrected chi connectivity index (χ1v) is 7.08. The summed E-state index contributed by atoms with van der Waals surface area (Å²) in [5.41, 5.74) is 1.02. The molecule has 22 heavy (non-hydrogen) atoms. The number of hydrogen-bond acceptors (Lipinski definition) is 6. The molecule has 2 rings (SSSR count). The van der Waals surface area contributed by atoms with Crippen molar-refractivity contribution in [2.75, 3.05) is 11.9 Å². The summed E-state index contributed by atoms with van der Waals surface area (Å²) >= 11 is 0. The van der Waals surface area contributed by atoms with Crippen LogP contribution in [0, 0.1) is 6.92 Å². The van der Waals surface area contributed by atoms with Crippen LogP contribution in [0.15, 0.2) is 29.1 Å². The molecular weight excluding hydrogens is 284 g/mol. The molecule has 0 spiro atoms. The number of unbranched alkanes of at least 4 members (excludes halogenated alkanes) is 1. The second-order valence-electron chi connectivity index (χ2n) is 4.78. The van der Waals surface area contributed by atoms with E-state index in [0.29, 0.717) is 23.6 Å². The Kier molecular flexibility index (Phi) is 5.24. The number of benzene rings is 1. The van der Waals surface area contributed by atoms with Gasteiger partial charge in [0.1, 0.15) is 5.69 Å². The first-order valence-electron chi connectivity index (χ1n) is 7.08. The van der Waals surface area contributed by atoms with Gasteiger partial charge in [0.2, 0.25) is 5.95 Å². The normalized spacial score (nSPS) is 10.3. The van der Waals surface area contributed by atoms with Gasteiger partial charge in [-0.1, -0.05) is 19.4 Å². The lowest BCUT2D eigenvalue weighted by Gasteiger charge is -2.07. The minimum Gasteiger partial charge on any atom is -0.462 e. The van der Waals surface area contributed by atoms with Gasteiger partial charge in [0.15, 0.2) is 0 Å². The monoisotopic (exact) mass is 302 g/mol. The van der Waals surface area contributed by atoms with Gasteiger partial charge in [0.25, 0.3) is 5.56 Å². The predicted molar refractivity (Wildman–Crippen MR) is 82.3 cm³/mol. The lowest BCUT2D eigenvalue weighted by atomic mass is 10.2. The van der Waals surface area contributed by atoms with E-state index in [4.69, 9.17) is 4.74 Å². The Morgan fingerprint density at radius 1 is 1.36 bits per heavy atom. The molecule has 0 saturated carbocycles. The maximum atomic E-state index is 11.9. The van der Waals surface area contributed by atoms with E-state index >= 15 is 0 Å². The van der Waals surface area contributed by atoms with Gasteiger partial charge in [-0.15, -0.1) is 10.2 Å². The van der Waals surface area contributed by atoms with E-state index in [9.17, 15) is 9.59 Å². The van der Waals surface area contributed by atoms with Crippen molar-refractivity contribution in [3.63, 3.8) is 0 Å². The van der Waals surface area contributed by atoms with Crippen molar-refractivity contribution < 1.29 is 9.53 Å². The number of aryl methyl sites for hydroxylation is 1. The van der Waals surface area contributed by atoms with E-state index in [2.05, 4.69) is 20.5 Å². The molecule has 1 heterocycles. The Morgan fingerprint density at radius 2 is 2.18 bits per heavy atom. The number of carbonyl (C=O) groups is 1. The highest BCUT2D eigenvalue weighted by molar-refractivity contribution is 5.90. The number of hydrogen-bond donors (Lipinski definition) is 2. The molecule has 1 aromatic carbocycles. The molecule has 0 aliphatic carbocycles. The van der Waals surface area contributed by atoms with E-state index in [-0.39, 0.29) is 17.5 Å². The summed E-state index contributed by atoms with van der Waals surface area (Å²) in [6.07, 6.45) is 1.80. The minimum absolute atomic E-state index is 0.215. The van der Waals surface area contributed by atoms with Crippen LogP contribution in [0.1, 0.15) is 35.8 Å². The average Bonchev–Trinajstić information content (AvgIpc) is 2.51. The zero-order chi connectivity index (χ0) is 15.9.